The minimum atomic E-state index is -5.71. The van der Waals surface area contributed by atoms with Gasteiger partial charge in [-0.3, -0.25) is 4.79 Å². The van der Waals surface area contributed by atoms with E-state index in [4.69, 9.17) is 4.43 Å². The van der Waals surface area contributed by atoms with Gasteiger partial charge in [0, 0.05) is 0 Å². The van der Waals surface area contributed by atoms with Crippen molar-refractivity contribution in [1.29, 1.82) is 0 Å². The highest BCUT2D eigenvalue weighted by atomic mass is 28.4. The van der Waals surface area contributed by atoms with Gasteiger partial charge in [-0.15, -0.1) is 0 Å². The van der Waals surface area contributed by atoms with E-state index in [2.05, 4.69) is 4.74 Å². The summed E-state index contributed by atoms with van der Waals surface area (Å²) in [6, 6.07) is 0. The molecule has 0 aromatic rings. The summed E-state index contributed by atoms with van der Waals surface area (Å²) in [4.78, 5) is 12.4. The molecule has 3 nitrogen and oxygen atoms in total. The molecule has 2 fully saturated rings. The highest BCUT2D eigenvalue weighted by Crippen LogP contribution is 2.58. The van der Waals surface area contributed by atoms with Crippen LogP contribution in [0, 0.1) is 11.8 Å². The molecular weight excluding hydrogens is 406 g/mol. The molecule has 0 spiro atoms. The smallest absolute Gasteiger partial charge is 0.434 e. The molecule has 164 valence electrons. The van der Waals surface area contributed by atoms with E-state index in [9.17, 15) is 31.1 Å². The van der Waals surface area contributed by atoms with Gasteiger partial charge in [-0.2, -0.15) is 26.3 Å². The third kappa shape index (κ3) is 4.37. The van der Waals surface area contributed by atoms with Crippen molar-refractivity contribution in [1.82, 2.24) is 0 Å². The van der Waals surface area contributed by atoms with Gasteiger partial charge in [-0.05, 0) is 43.3 Å². The quantitative estimate of drug-likeness (QED) is 0.310. The number of carbonyl (C=O) groups excluding carboxylic acids is 1. The maximum absolute atomic E-state index is 12.8. The molecule has 2 rings (SSSR count). The Morgan fingerprint density at radius 3 is 2.00 bits per heavy atom. The lowest BCUT2D eigenvalue weighted by atomic mass is 9.55. The number of esters is 1. The Balaban J connectivity index is 2.28. The van der Waals surface area contributed by atoms with Gasteiger partial charge in [0.15, 0.2) is 8.32 Å². The van der Waals surface area contributed by atoms with E-state index in [1.807, 2.05) is 33.9 Å². The fourth-order valence-electron chi connectivity index (χ4n) is 3.99. The van der Waals surface area contributed by atoms with Crippen molar-refractivity contribution in [2.24, 2.45) is 11.8 Å². The Hall–Kier alpha value is -0.773. The first kappa shape index (κ1) is 23.5. The van der Waals surface area contributed by atoms with E-state index in [0.717, 1.165) is 19.3 Å². The summed E-state index contributed by atoms with van der Waals surface area (Å²) in [5.74, 6) is -2.60. The van der Waals surface area contributed by atoms with Crippen molar-refractivity contribution in [2.75, 3.05) is 0 Å². The maximum Gasteiger partial charge on any atom is 0.434 e. The van der Waals surface area contributed by atoms with Crippen LogP contribution in [0.5, 0.6) is 0 Å². The number of ether oxygens (including phenoxy) is 1. The molecule has 0 saturated heterocycles. The Labute approximate surface area is 162 Å². The van der Waals surface area contributed by atoms with Crippen LogP contribution in [-0.4, -0.2) is 38.3 Å². The van der Waals surface area contributed by atoms with Gasteiger partial charge in [0.1, 0.15) is 0 Å². The van der Waals surface area contributed by atoms with Gasteiger partial charge in [0.25, 0.3) is 6.10 Å². The minimum absolute atomic E-state index is 0.0388. The summed E-state index contributed by atoms with van der Waals surface area (Å²) in [7, 11) is -2.41. The molecule has 0 unspecified atom stereocenters. The monoisotopic (exact) mass is 434 g/mol. The largest absolute Gasteiger partial charge is 0.442 e. The summed E-state index contributed by atoms with van der Waals surface area (Å²) in [6.45, 7) is 9.89. The highest BCUT2D eigenvalue weighted by Gasteiger charge is 2.65. The lowest BCUT2D eigenvalue weighted by molar-refractivity contribution is -0.317. The molecular formula is C18H28F6O3Si. The number of hydrogen-bond acceptors (Lipinski definition) is 3. The molecule has 0 radical (unpaired) electrons. The first-order chi connectivity index (χ1) is 12.4. The first-order valence-corrected chi connectivity index (χ1v) is 12.4. The van der Waals surface area contributed by atoms with Gasteiger partial charge in [-0.1, -0.05) is 33.6 Å². The fraction of sp³-hybridized carbons (Fsp3) is 0.944. The summed E-state index contributed by atoms with van der Waals surface area (Å²) in [5, 5.41) is -0.214. The Morgan fingerprint density at radius 2 is 1.57 bits per heavy atom. The average molecular weight is 434 g/mol. The van der Waals surface area contributed by atoms with Crippen LogP contribution >= 0.6 is 0 Å². The molecule has 2 aliphatic rings. The van der Waals surface area contributed by atoms with Gasteiger partial charge in [0.2, 0.25) is 0 Å². The Bertz CT molecular complexity index is 582. The van der Waals surface area contributed by atoms with Crippen LogP contribution in [0.1, 0.15) is 52.9 Å². The number of halogens is 6. The van der Waals surface area contributed by atoms with Crippen molar-refractivity contribution in [3.8, 4) is 0 Å². The van der Waals surface area contributed by atoms with Crippen LogP contribution in [0.15, 0.2) is 0 Å². The molecule has 2 saturated carbocycles. The van der Waals surface area contributed by atoms with E-state index in [1.165, 1.54) is 0 Å². The fourth-order valence-corrected chi connectivity index (χ4v) is 5.65. The minimum Gasteiger partial charge on any atom is -0.442 e. The number of alkyl halides is 6. The predicted octanol–water partition coefficient (Wildman–Crippen LogP) is 5.99. The second kappa shape index (κ2) is 7.18. The average Bonchev–Trinajstić information content (AvgIpc) is 2.45. The van der Waals surface area contributed by atoms with E-state index in [0.29, 0.717) is 6.42 Å². The van der Waals surface area contributed by atoms with E-state index in [1.54, 1.807) is 0 Å². The third-order valence-corrected chi connectivity index (χ3v) is 11.0. The summed E-state index contributed by atoms with van der Waals surface area (Å²) < 4.78 is 87.3. The predicted molar refractivity (Wildman–Crippen MR) is 93.1 cm³/mol. The highest BCUT2D eigenvalue weighted by molar-refractivity contribution is 6.74. The number of hydrogen-bond donors (Lipinski definition) is 0. The van der Waals surface area contributed by atoms with Crippen LogP contribution in [0.3, 0.4) is 0 Å². The van der Waals surface area contributed by atoms with Crippen molar-refractivity contribution < 1.29 is 40.3 Å². The second-order valence-electron chi connectivity index (χ2n) is 9.45. The van der Waals surface area contributed by atoms with Gasteiger partial charge in [0.05, 0.1) is 11.5 Å². The number of fused-ring (bicyclic) bond motifs is 1. The first-order valence-electron chi connectivity index (χ1n) is 9.46. The topological polar surface area (TPSA) is 35.5 Å². The zero-order valence-electron chi connectivity index (χ0n) is 16.8. The van der Waals surface area contributed by atoms with Crippen LogP contribution in [0.2, 0.25) is 18.1 Å². The maximum atomic E-state index is 12.8. The second-order valence-corrected chi connectivity index (χ2v) is 14.2. The van der Waals surface area contributed by atoms with Gasteiger partial charge < -0.3 is 9.16 Å². The zero-order chi connectivity index (χ0) is 21.8. The molecule has 0 bridgehead atoms. The SMILES string of the molecule is CC(C)(C)[Si](C)(C)O[C@@]12CCCC[C@@H]1C[C@@H]2C(=O)OC(C(F)(F)F)C(F)(F)F. The molecule has 3 atom stereocenters. The van der Waals surface area contributed by atoms with Crippen molar-refractivity contribution in [3.05, 3.63) is 0 Å². The molecule has 28 heavy (non-hydrogen) atoms. The molecule has 0 amide bonds. The molecule has 10 heteroatoms. The molecule has 0 aliphatic heterocycles. The Kier molecular flexibility index (Phi) is 6.02. The van der Waals surface area contributed by atoms with E-state index in [-0.39, 0.29) is 17.4 Å². The molecule has 0 heterocycles. The normalized spacial score (nSPS) is 29.3. The Morgan fingerprint density at radius 1 is 1.04 bits per heavy atom. The summed E-state index contributed by atoms with van der Waals surface area (Å²) in [6.07, 6.45) is -12.5. The molecule has 0 aromatic carbocycles. The van der Waals surface area contributed by atoms with Gasteiger partial charge >= 0.3 is 18.3 Å². The van der Waals surface area contributed by atoms with Crippen LogP contribution in [0.25, 0.3) is 0 Å². The lowest BCUT2D eigenvalue weighted by Gasteiger charge is -2.60. The van der Waals surface area contributed by atoms with Crippen LogP contribution in [-0.2, 0) is 14.0 Å². The van der Waals surface area contributed by atoms with E-state index >= 15 is 0 Å². The van der Waals surface area contributed by atoms with Crippen molar-refractivity contribution in [2.45, 2.75) is 95.1 Å². The van der Waals surface area contributed by atoms with Crippen molar-refractivity contribution >= 4 is 14.3 Å². The summed E-state index contributed by atoms with van der Waals surface area (Å²) >= 11 is 0. The van der Waals surface area contributed by atoms with Gasteiger partial charge in [-0.25, -0.2) is 0 Å². The summed E-state index contributed by atoms with van der Waals surface area (Å²) in [5.41, 5.74) is -1.01. The standard InChI is InChI=1S/C18H28F6O3Si/c1-15(2,3)28(4,5)27-16-9-7-6-8-11(16)10-12(16)13(25)26-14(17(19,20)21)18(22,23)24/h11-12,14H,6-10H2,1-5H3/t11-,12-,16+/m1/s1. The molecule has 0 aromatic heterocycles. The van der Waals surface area contributed by atoms with Crippen LogP contribution in [0.4, 0.5) is 26.3 Å². The number of carbonyl (C=O) groups is 1. The molecule has 0 N–H and O–H groups in total. The molecule has 2 aliphatic carbocycles. The van der Waals surface area contributed by atoms with Crippen LogP contribution < -0.4 is 0 Å². The lowest BCUT2D eigenvalue weighted by Crippen LogP contribution is -2.67. The van der Waals surface area contributed by atoms with E-state index < -0.39 is 44.3 Å². The zero-order valence-corrected chi connectivity index (χ0v) is 17.8. The number of rotatable bonds is 4. The third-order valence-electron chi connectivity index (χ3n) is 6.54. The van der Waals surface area contributed by atoms with Crippen molar-refractivity contribution in [3.63, 3.8) is 0 Å².